The minimum Gasteiger partial charge on any atom is -0.321 e. The standard InChI is InChI=1S/C20H14FN3O/c21-16-6-2-5-15(13-16)18-8-3-9-19(24-18)20(25)23-17-7-1-4-14(12-17)10-11-22/h1-9,12-13H,10H2,(H,23,25). The number of amides is 1. The fraction of sp³-hybridized carbons (Fsp3) is 0.0500. The number of aromatic nitrogens is 1. The summed E-state index contributed by atoms with van der Waals surface area (Å²) >= 11 is 0. The van der Waals surface area contributed by atoms with Gasteiger partial charge in [-0.05, 0) is 42.0 Å². The number of anilines is 1. The Morgan fingerprint density at radius 1 is 1.08 bits per heavy atom. The molecule has 0 fully saturated rings. The quantitative estimate of drug-likeness (QED) is 0.779. The van der Waals surface area contributed by atoms with Gasteiger partial charge in [-0.15, -0.1) is 0 Å². The molecule has 25 heavy (non-hydrogen) atoms. The highest BCUT2D eigenvalue weighted by molar-refractivity contribution is 6.03. The van der Waals surface area contributed by atoms with Crippen molar-refractivity contribution in [3.05, 3.63) is 83.8 Å². The first-order valence-electron chi connectivity index (χ1n) is 7.66. The van der Waals surface area contributed by atoms with Crippen LogP contribution in [0.15, 0.2) is 66.7 Å². The number of nitrogens with zero attached hydrogens (tertiary/aromatic N) is 2. The smallest absolute Gasteiger partial charge is 0.274 e. The van der Waals surface area contributed by atoms with Gasteiger partial charge in [0.05, 0.1) is 18.2 Å². The van der Waals surface area contributed by atoms with E-state index in [4.69, 9.17) is 5.26 Å². The minimum absolute atomic E-state index is 0.229. The molecule has 122 valence electrons. The van der Waals surface area contributed by atoms with E-state index in [-0.39, 0.29) is 23.8 Å². The van der Waals surface area contributed by atoms with E-state index >= 15 is 0 Å². The molecule has 0 spiro atoms. The van der Waals surface area contributed by atoms with Gasteiger partial charge in [-0.1, -0.05) is 30.3 Å². The van der Waals surface area contributed by atoms with Crippen LogP contribution < -0.4 is 5.32 Å². The normalized spacial score (nSPS) is 10.1. The van der Waals surface area contributed by atoms with Gasteiger partial charge in [-0.25, -0.2) is 9.37 Å². The van der Waals surface area contributed by atoms with Gasteiger partial charge >= 0.3 is 0 Å². The molecule has 1 aromatic heterocycles. The van der Waals surface area contributed by atoms with E-state index in [0.29, 0.717) is 16.9 Å². The van der Waals surface area contributed by atoms with Crippen LogP contribution in [0.1, 0.15) is 16.1 Å². The lowest BCUT2D eigenvalue weighted by molar-refractivity contribution is 0.102. The molecule has 0 radical (unpaired) electrons. The van der Waals surface area contributed by atoms with E-state index in [9.17, 15) is 9.18 Å². The van der Waals surface area contributed by atoms with Crippen molar-refractivity contribution in [3.8, 4) is 17.3 Å². The van der Waals surface area contributed by atoms with Crippen LogP contribution in [0.2, 0.25) is 0 Å². The summed E-state index contributed by atoms with van der Waals surface area (Å²) in [6.07, 6.45) is 0.275. The van der Waals surface area contributed by atoms with Crippen LogP contribution in [0.3, 0.4) is 0 Å². The van der Waals surface area contributed by atoms with Crippen LogP contribution in [0.4, 0.5) is 10.1 Å². The SMILES string of the molecule is N#CCc1cccc(NC(=O)c2cccc(-c3cccc(F)c3)n2)c1. The molecule has 5 heteroatoms. The molecule has 0 aliphatic rings. The van der Waals surface area contributed by atoms with Crippen molar-refractivity contribution >= 4 is 11.6 Å². The van der Waals surface area contributed by atoms with Crippen LogP contribution in [0.5, 0.6) is 0 Å². The molecule has 0 aliphatic carbocycles. The number of rotatable bonds is 4. The fourth-order valence-corrected chi connectivity index (χ4v) is 2.42. The first kappa shape index (κ1) is 16.3. The molecule has 0 saturated carbocycles. The number of benzene rings is 2. The predicted molar refractivity (Wildman–Crippen MR) is 93.3 cm³/mol. The number of halogens is 1. The number of nitrogens with one attached hydrogen (secondary N) is 1. The van der Waals surface area contributed by atoms with Crippen molar-refractivity contribution in [3.63, 3.8) is 0 Å². The lowest BCUT2D eigenvalue weighted by Crippen LogP contribution is -2.14. The number of carbonyl (C=O) groups excluding carboxylic acids is 1. The van der Waals surface area contributed by atoms with Gasteiger partial charge in [-0.3, -0.25) is 4.79 Å². The topological polar surface area (TPSA) is 65.8 Å². The molecule has 1 heterocycles. The molecule has 0 saturated heterocycles. The number of carbonyl (C=O) groups is 1. The van der Waals surface area contributed by atoms with Gasteiger partial charge in [0.2, 0.25) is 0 Å². The van der Waals surface area contributed by atoms with E-state index in [2.05, 4.69) is 16.4 Å². The Labute approximate surface area is 144 Å². The monoisotopic (exact) mass is 331 g/mol. The Morgan fingerprint density at radius 2 is 1.88 bits per heavy atom. The Hall–Kier alpha value is -3.52. The second-order valence-corrected chi connectivity index (χ2v) is 5.41. The fourth-order valence-electron chi connectivity index (χ4n) is 2.42. The van der Waals surface area contributed by atoms with Crippen LogP contribution in [0, 0.1) is 17.1 Å². The maximum absolute atomic E-state index is 13.4. The molecular formula is C20H14FN3O. The number of hydrogen-bond acceptors (Lipinski definition) is 3. The highest BCUT2D eigenvalue weighted by Crippen LogP contribution is 2.19. The third-order valence-electron chi connectivity index (χ3n) is 3.57. The zero-order valence-corrected chi connectivity index (χ0v) is 13.2. The molecule has 3 aromatic rings. The Kier molecular flexibility index (Phi) is 4.82. The zero-order valence-electron chi connectivity index (χ0n) is 13.2. The van der Waals surface area contributed by atoms with Gasteiger partial charge in [0.1, 0.15) is 11.5 Å². The van der Waals surface area contributed by atoms with E-state index in [0.717, 1.165) is 5.56 Å². The largest absolute Gasteiger partial charge is 0.321 e. The van der Waals surface area contributed by atoms with Crippen molar-refractivity contribution in [2.45, 2.75) is 6.42 Å². The van der Waals surface area contributed by atoms with Crippen molar-refractivity contribution < 1.29 is 9.18 Å². The molecule has 2 aromatic carbocycles. The maximum Gasteiger partial charge on any atom is 0.274 e. The maximum atomic E-state index is 13.4. The summed E-state index contributed by atoms with van der Waals surface area (Å²) in [5.41, 5.74) is 2.76. The van der Waals surface area contributed by atoms with Crippen molar-refractivity contribution in [1.82, 2.24) is 4.98 Å². The summed E-state index contributed by atoms with van der Waals surface area (Å²) in [4.78, 5) is 16.7. The molecule has 0 atom stereocenters. The van der Waals surface area contributed by atoms with Gasteiger partial charge in [0.15, 0.2) is 0 Å². The number of nitriles is 1. The highest BCUT2D eigenvalue weighted by atomic mass is 19.1. The summed E-state index contributed by atoms with van der Waals surface area (Å²) < 4.78 is 13.4. The summed E-state index contributed by atoms with van der Waals surface area (Å²) in [5, 5.41) is 11.5. The van der Waals surface area contributed by atoms with Gasteiger partial charge in [0, 0.05) is 11.3 Å². The first-order valence-corrected chi connectivity index (χ1v) is 7.66. The lowest BCUT2D eigenvalue weighted by Gasteiger charge is -2.07. The second-order valence-electron chi connectivity index (χ2n) is 5.41. The third-order valence-corrected chi connectivity index (χ3v) is 3.57. The first-order chi connectivity index (χ1) is 12.2. The molecular weight excluding hydrogens is 317 g/mol. The van der Waals surface area contributed by atoms with Crippen molar-refractivity contribution in [2.24, 2.45) is 0 Å². The van der Waals surface area contributed by atoms with Gasteiger partial charge < -0.3 is 5.32 Å². The summed E-state index contributed by atoms with van der Waals surface area (Å²) in [5.74, 6) is -0.726. The third kappa shape index (κ3) is 4.06. The zero-order chi connectivity index (χ0) is 17.6. The van der Waals surface area contributed by atoms with Crippen molar-refractivity contribution in [2.75, 3.05) is 5.32 Å². The molecule has 1 amide bonds. The van der Waals surface area contributed by atoms with E-state index in [1.807, 2.05) is 6.07 Å². The molecule has 0 bridgehead atoms. The van der Waals surface area contributed by atoms with Crippen molar-refractivity contribution in [1.29, 1.82) is 5.26 Å². The predicted octanol–water partition coefficient (Wildman–Crippen LogP) is 4.21. The average Bonchev–Trinajstić information content (AvgIpc) is 2.62. The summed E-state index contributed by atoms with van der Waals surface area (Å²) in [6.45, 7) is 0. The molecule has 1 N–H and O–H groups in total. The molecule has 4 nitrogen and oxygen atoms in total. The number of hydrogen-bond donors (Lipinski definition) is 1. The van der Waals surface area contributed by atoms with E-state index in [1.165, 1.54) is 12.1 Å². The summed E-state index contributed by atoms with van der Waals surface area (Å²) in [6, 6.07) is 20.2. The molecule has 0 aliphatic heterocycles. The lowest BCUT2D eigenvalue weighted by atomic mass is 10.1. The Balaban J connectivity index is 1.82. The number of pyridine rings is 1. The van der Waals surface area contributed by atoms with Crippen LogP contribution in [-0.2, 0) is 6.42 Å². The Bertz CT molecular complexity index is 963. The van der Waals surface area contributed by atoms with Crippen LogP contribution in [-0.4, -0.2) is 10.9 Å². The van der Waals surface area contributed by atoms with Gasteiger partial charge in [-0.2, -0.15) is 5.26 Å². The van der Waals surface area contributed by atoms with Crippen LogP contribution in [0.25, 0.3) is 11.3 Å². The molecule has 0 unspecified atom stereocenters. The second kappa shape index (κ2) is 7.37. The van der Waals surface area contributed by atoms with E-state index in [1.54, 1.807) is 48.5 Å². The Morgan fingerprint density at radius 3 is 2.68 bits per heavy atom. The minimum atomic E-state index is -0.368. The highest BCUT2D eigenvalue weighted by Gasteiger charge is 2.10. The molecule has 3 rings (SSSR count). The van der Waals surface area contributed by atoms with Gasteiger partial charge in [0.25, 0.3) is 5.91 Å². The van der Waals surface area contributed by atoms with E-state index < -0.39 is 0 Å². The average molecular weight is 331 g/mol. The van der Waals surface area contributed by atoms with Crippen LogP contribution >= 0.6 is 0 Å². The summed E-state index contributed by atoms with van der Waals surface area (Å²) in [7, 11) is 0.